The molecule has 4 N–H and O–H groups in total. The van der Waals surface area contributed by atoms with Gasteiger partial charge < -0.3 is 20.9 Å². The molecule has 0 radical (unpaired) electrons. The zero-order valence-corrected chi connectivity index (χ0v) is 11.2. The normalized spacial score (nSPS) is 33.7. The van der Waals surface area contributed by atoms with Crippen molar-refractivity contribution in [3.63, 3.8) is 0 Å². The van der Waals surface area contributed by atoms with Gasteiger partial charge in [0, 0.05) is 12.1 Å². The minimum atomic E-state index is -0.585. The Morgan fingerprint density at radius 2 is 2.05 bits per heavy atom. The number of ether oxygens (including phenoxy) is 2. The van der Waals surface area contributed by atoms with Crippen LogP contribution in [0.2, 0.25) is 0 Å². The highest BCUT2D eigenvalue weighted by Gasteiger charge is 2.51. The average molecular weight is 263 g/mol. The van der Waals surface area contributed by atoms with Crippen molar-refractivity contribution < 1.29 is 9.47 Å². The van der Waals surface area contributed by atoms with Crippen LogP contribution in [0.1, 0.15) is 31.2 Å². The van der Waals surface area contributed by atoms with Crippen LogP contribution in [0.15, 0.2) is 18.5 Å². The fourth-order valence-corrected chi connectivity index (χ4v) is 3.51. The molecule has 1 aliphatic heterocycles. The Kier molecular flexibility index (Phi) is 3.20. The average Bonchev–Trinajstić information content (AvgIpc) is 2.87. The lowest BCUT2D eigenvalue weighted by molar-refractivity contribution is -0.221. The number of nitrogens with two attached hydrogens (primary N) is 2. The molecule has 3 rings (SSSR count). The summed E-state index contributed by atoms with van der Waals surface area (Å²) >= 11 is 0. The molecular weight excluding hydrogens is 242 g/mol. The molecule has 0 aromatic carbocycles. The molecule has 2 heterocycles. The first-order chi connectivity index (χ1) is 9.13. The number of rotatable bonds is 1. The number of hydrogen-bond donors (Lipinski definition) is 2. The van der Waals surface area contributed by atoms with Crippen molar-refractivity contribution in [2.75, 3.05) is 18.9 Å². The molecule has 2 fully saturated rings. The summed E-state index contributed by atoms with van der Waals surface area (Å²) in [7, 11) is 0. The van der Waals surface area contributed by atoms with Gasteiger partial charge in [0.25, 0.3) is 0 Å². The van der Waals surface area contributed by atoms with Crippen LogP contribution in [0, 0.1) is 5.92 Å². The van der Waals surface area contributed by atoms with Gasteiger partial charge in [0.1, 0.15) is 0 Å². The third kappa shape index (κ3) is 2.02. The molecular formula is C14H21N3O2. The summed E-state index contributed by atoms with van der Waals surface area (Å²) in [5, 5.41) is 0. The van der Waals surface area contributed by atoms with E-state index in [0.29, 0.717) is 19.1 Å². The van der Waals surface area contributed by atoms with Crippen LogP contribution in [0.25, 0.3) is 0 Å². The Morgan fingerprint density at radius 3 is 2.68 bits per heavy atom. The van der Waals surface area contributed by atoms with Crippen LogP contribution >= 0.6 is 0 Å². The standard InChI is InChI=1S/C14H21N3O2/c1-9-6-10(11-2-3-17-8-12(11)15)7-13(16)14(9)18-4-5-19-14/h2-3,8-10,13H,4-7,15-16H2,1H3/t9-,10+,13+/m1/s1. The number of pyridine rings is 1. The summed E-state index contributed by atoms with van der Waals surface area (Å²) in [6.07, 6.45) is 5.30. The number of aromatic nitrogens is 1. The fraction of sp³-hybridized carbons (Fsp3) is 0.643. The Hall–Kier alpha value is -1.17. The first-order valence-corrected chi connectivity index (χ1v) is 6.86. The molecule has 0 unspecified atom stereocenters. The van der Waals surface area contributed by atoms with Gasteiger partial charge in [0.15, 0.2) is 5.79 Å². The summed E-state index contributed by atoms with van der Waals surface area (Å²) in [6.45, 7) is 3.43. The van der Waals surface area contributed by atoms with E-state index in [4.69, 9.17) is 20.9 Å². The summed E-state index contributed by atoms with van der Waals surface area (Å²) in [4.78, 5) is 4.04. The van der Waals surface area contributed by atoms with E-state index in [9.17, 15) is 0 Å². The minimum Gasteiger partial charge on any atom is -0.397 e. The van der Waals surface area contributed by atoms with Crippen molar-refractivity contribution in [3.8, 4) is 0 Å². The maximum Gasteiger partial charge on any atom is 0.186 e. The van der Waals surface area contributed by atoms with Crippen LogP contribution in [0.3, 0.4) is 0 Å². The van der Waals surface area contributed by atoms with Crippen molar-refractivity contribution in [3.05, 3.63) is 24.0 Å². The van der Waals surface area contributed by atoms with Gasteiger partial charge >= 0.3 is 0 Å². The predicted molar refractivity (Wildman–Crippen MR) is 72.4 cm³/mol. The van der Waals surface area contributed by atoms with Crippen LogP contribution in [0.5, 0.6) is 0 Å². The second-order valence-electron chi connectivity index (χ2n) is 5.60. The molecule has 5 nitrogen and oxygen atoms in total. The third-order valence-corrected chi connectivity index (χ3v) is 4.45. The van der Waals surface area contributed by atoms with Gasteiger partial charge in [-0.1, -0.05) is 6.92 Å². The zero-order chi connectivity index (χ0) is 13.5. The van der Waals surface area contributed by atoms with E-state index in [-0.39, 0.29) is 12.0 Å². The molecule has 1 saturated heterocycles. The molecule has 1 spiro atoms. The van der Waals surface area contributed by atoms with E-state index in [2.05, 4.69) is 11.9 Å². The Balaban J connectivity index is 1.84. The largest absolute Gasteiger partial charge is 0.397 e. The molecule has 1 aliphatic carbocycles. The lowest BCUT2D eigenvalue weighted by Gasteiger charge is -2.45. The molecule has 1 saturated carbocycles. The molecule has 3 atom stereocenters. The maximum atomic E-state index is 6.34. The van der Waals surface area contributed by atoms with E-state index in [1.54, 1.807) is 12.4 Å². The summed E-state index contributed by atoms with van der Waals surface area (Å²) in [5.41, 5.74) is 14.2. The van der Waals surface area contributed by atoms with Gasteiger partial charge in [-0.25, -0.2) is 0 Å². The van der Waals surface area contributed by atoms with E-state index in [1.165, 1.54) is 0 Å². The summed E-state index contributed by atoms with van der Waals surface area (Å²) < 4.78 is 11.7. The summed E-state index contributed by atoms with van der Waals surface area (Å²) in [5.74, 6) is 0.0286. The van der Waals surface area contributed by atoms with Gasteiger partial charge in [0.2, 0.25) is 0 Å². The van der Waals surface area contributed by atoms with Gasteiger partial charge in [0.05, 0.1) is 31.1 Å². The van der Waals surface area contributed by atoms with Crippen molar-refractivity contribution in [2.45, 2.75) is 37.5 Å². The smallest absolute Gasteiger partial charge is 0.186 e. The van der Waals surface area contributed by atoms with E-state index >= 15 is 0 Å². The van der Waals surface area contributed by atoms with Gasteiger partial charge in [-0.05, 0) is 30.4 Å². The Morgan fingerprint density at radius 1 is 1.32 bits per heavy atom. The predicted octanol–water partition coefficient (Wildman–Crippen LogP) is 1.25. The van der Waals surface area contributed by atoms with E-state index < -0.39 is 5.79 Å². The highest BCUT2D eigenvalue weighted by atomic mass is 16.7. The van der Waals surface area contributed by atoms with Gasteiger partial charge in [-0.2, -0.15) is 0 Å². The van der Waals surface area contributed by atoms with Gasteiger partial charge in [-0.15, -0.1) is 0 Å². The number of nitrogen functional groups attached to an aromatic ring is 1. The number of hydrogen-bond acceptors (Lipinski definition) is 5. The monoisotopic (exact) mass is 263 g/mol. The highest BCUT2D eigenvalue weighted by Crippen LogP contribution is 2.46. The SMILES string of the molecule is C[C@@H]1C[C@H](c2ccncc2N)C[C@H](N)C12OCCO2. The van der Waals surface area contributed by atoms with Crippen molar-refractivity contribution >= 4 is 5.69 Å². The first-order valence-electron chi connectivity index (χ1n) is 6.86. The van der Waals surface area contributed by atoms with Crippen LogP contribution in [0.4, 0.5) is 5.69 Å². The lowest BCUT2D eigenvalue weighted by atomic mass is 9.72. The zero-order valence-electron chi connectivity index (χ0n) is 11.2. The summed E-state index contributed by atoms with van der Waals surface area (Å²) in [6, 6.07) is 1.88. The molecule has 104 valence electrons. The first kappa shape index (κ1) is 12.8. The second-order valence-corrected chi connectivity index (χ2v) is 5.60. The van der Waals surface area contributed by atoms with Gasteiger partial charge in [-0.3, -0.25) is 4.98 Å². The van der Waals surface area contributed by atoms with Crippen molar-refractivity contribution in [1.29, 1.82) is 0 Å². The van der Waals surface area contributed by atoms with Crippen molar-refractivity contribution in [1.82, 2.24) is 4.98 Å². The fourth-order valence-electron chi connectivity index (χ4n) is 3.51. The molecule has 0 bridgehead atoms. The van der Waals surface area contributed by atoms with E-state index in [0.717, 1.165) is 24.1 Å². The highest BCUT2D eigenvalue weighted by molar-refractivity contribution is 5.46. The molecule has 1 aromatic rings. The third-order valence-electron chi connectivity index (χ3n) is 4.45. The molecule has 5 heteroatoms. The topological polar surface area (TPSA) is 83.4 Å². The van der Waals surface area contributed by atoms with Crippen LogP contribution < -0.4 is 11.5 Å². The van der Waals surface area contributed by atoms with E-state index in [1.807, 2.05) is 6.07 Å². The lowest BCUT2D eigenvalue weighted by Crippen LogP contribution is -2.57. The minimum absolute atomic E-state index is 0.115. The Labute approximate surface area is 113 Å². The Bertz CT molecular complexity index is 446. The van der Waals surface area contributed by atoms with Crippen LogP contribution in [-0.2, 0) is 9.47 Å². The van der Waals surface area contributed by atoms with Crippen LogP contribution in [-0.4, -0.2) is 30.0 Å². The second kappa shape index (κ2) is 4.74. The molecule has 2 aliphatic rings. The molecule has 0 amide bonds. The number of anilines is 1. The molecule has 1 aromatic heterocycles. The maximum absolute atomic E-state index is 6.34. The quantitative estimate of drug-likeness (QED) is 0.796. The van der Waals surface area contributed by atoms with Crippen molar-refractivity contribution in [2.24, 2.45) is 11.7 Å². The molecule has 19 heavy (non-hydrogen) atoms. The number of nitrogens with zero attached hydrogens (tertiary/aromatic N) is 1.